The van der Waals surface area contributed by atoms with Crippen molar-refractivity contribution in [1.29, 1.82) is 0 Å². The first kappa shape index (κ1) is 9.65. The van der Waals surface area contributed by atoms with Gasteiger partial charge in [0.15, 0.2) is 10.6 Å². The lowest BCUT2D eigenvalue weighted by Gasteiger charge is -2.09. The number of hydrogen-bond donors (Lipinski definition) is 0. The second kappa shape index (κ2) is 3.35. The molecule has 14 heavy (non-hydrogen) atoms. The van der Waals surface area contributed by atoms with Gasteiger partial charge >= 0.3 is 0 Å². The van der Waals surface area contributed by atoms with Gasteiger partial charge in [0.1, 0.15) is 5.52 Å². The lowest BCUT2D eigenvalue weighted by molar-refractivity contribution is 0.604. The molecule has 2 aromatic rings. The molecule has 1 aromatic carbocycles. The van der Waals surface area contributed by atoms with Crippen LogP contribution < -0.4 is 0 Å². The number of nitrogens with zero attached hydrogens (tertiary/aromatic N) is 2. The van der Waals surface area contributed by atoms with Crippen molar-refractivity contribution < 1.29 is 4.39 Å². The summed E-state index contributed by atoms with van der Waals surface area (Å²) in [5.41, 5.74) is 1.25. The zero-order valence-electron chi connectivity index (χ0n) is 7.96. The molecule has 0 amide bonds. The number of rotatable bonds is 1. The summed E-state index contributed by atoms with van der Waals surface area (Å²) < 4.78 is 16.0. The maximum Gasteiger partial charge on any atom is 0.178 e. The van der Waals surface area contributed by atoms with Gasteiger partial charge in [-0.05, 0) is 41.9 Å². The number of aromatic nitrogens is 2. The molecule has 2 rings (SSSR count). The van der Waals surface area contributed by atoms with Gasteiger partial charge < -0.3 is 4.57 Å². The third-order valence-corrected chi connectivity index (χ3v) is 2.70. The average molecular weight is 257 g/mol. The fraction of sp³-hybridized carbons (Fsp3) is 0.300. The summed E-state index contributed by atoms with van der Waals surface area (Å²) >= 11 is 3.33. The van der Waals surface area contributed by atoms with Crippen molar-refractivity contribution in [1.82, 2.24) is 9.55 Å². The third kappa shape index (κ3) is 1.34. The normalized spacial score (nSPS) is 11.5. The van der Waals surface area contributed by atoms with Crippen molar-refractivity contribution in [3.8, 4) is 0 Å². The Hall–Kier alpha value is -0.900. The summed E-state index contributed by atoms with van der Waals surface area (Å²) in [6.45, 7) is 4.08. The minimum atomic E-state index is -0.275. The van der Waals surface area contributed by atoms with E-state index >= 15 is 0 Å². The van der Waals surface area contributed by atoms with Crippen LogP contribution in [0.15, 0.2) is 22.9 Å². The van der Waals surface area contributed by atoms with Gasteiger partial charge in [-0.15, -0.1) is 0 Å². The van der Waals surface area contributed by atoms with Crippen LogP contribution in [0.25, 0.3) is 11.0 Å². The minimum absolute atomic E-state index is 0.260. The van der Waals surface area contributed by atoms with E-state index in [1.165, 1.54) is 6.07 Å². The number of hydrogen-bond acceptors (Lipinski definition) is 1. The summed E-state index contributed by atoms with van der Waals surface area (Å²) in [5.74, 6) is -0.275. The molecule has 1 heterocycles. The maximum absolute atomic E-state index is 13.3. The van der Waals surface area contributed by atoms with Crippen molar-refractivity contribution in [2.75, 3.05) is 0 Å². The van der Waals surface area contributed by atoms with Crippen LogP contribution in [0, 0.1) is 5.82 Å². The lowest BCUT2D eigenvalue weighted by Crippen LogP contribution is -2.00. The van der Waals surface area contributed by atoms with Crippen LogP contribution >= 0.6 is 15.9 Å². The first-order chi connectivity index (χ1) is 6.61. The first-order valence-electron chi connectivity index (χ1n) is 4.43. The van der Waals surface area contributed by atoms with E-state index in [1.807, 2.05) is 24.5 Å². The van der Waals surface area contributed by atoms with Gasteiger partial charge in [0.05, 0.1) is 5.52 Å². The van der Waals surface area contributed by atoms with Gasteiger partial charge in [-0.3, -0.25) is 0 Å². The number of imidazole rings is 1. The molecule has 0 saturated carbocycles. The molecule has 0 saturated heterocycles. The van der Waals surface area contributed by atoms with Crippen molar-refractivity contribution in [2.45, 2.75) is 19.9 Å². The van der Waals surface area contributed by atoms with Crippen LogP contribution in [0.5, 0.6) is 0 Å². The SMILES string of the molecule is CC(C)n1c(Br)nc2c(F)cccc21. The predicted molar refractivity (Wildman–Crippen MR) is 57.8 cm³/mol. The standard InChI is InChI=1S/C10H10BrFN2/c1-6(2)14-8-5-3-4-7(12)9(8)13-10(14)11/h3-6H,1-2H3. The number of para-hydroxylation sites is 1. The zero-order valence-corrected chi connectivity index (χ0v) is 9.55. The molecule has 0 atom stereocenters. The second-order valence-electron chi connectivity index (χ2n) is 3.45. The molecule has 0 aliphatic rings. The van der Waals surface area contributed by atoms with Crippen molar-refractivity contribution >= 4 is 27.0 Å². The number of fused-ring (bicyclic) bond motifs is 1. The topological polar surface area (TPSA) is 17.8 Å². The molecule has 0 bridgehead atoms. The van der Waals surface area contributed by atoms with Crippen LogP contribution in [-0.2, 0) is 0 Å². The van der Waals surface area contributed by atoms with E-state index in [-0.39, 0.29) is 11.9 Å². The monoisotopic (exact) mass is 256 g/mol. The first-order valence-corrected chi connectivity index (χ1v) is 5.22. The average Bonchev–Trinajstić information content (AvgIpc) is 2.42. The molecule has 1 aromatic heterocycles. The van der Waals surface area contributed by atoms with Gasteiger partial charge in [-0.25, -0.2) is 9.37 Å². The fourth-order valence-corrected chi connectivity index (χ4v) is 2.32. The lowest BCUT2D eigenvalue weighted by atomic mass is 10.3. The van der Waals surface area contributed by atoms with Gasteiger partial charge in [0.2, 0.25) is 0 Å². The summed E-state index contributed by atoms with van der Waals surface area (Å²) in [4.78, 5) is 4.14. The molecule has 0 fully saturated rings. The summed E-state index contributed by atoms with van der Waals surface area (Å²) in [7, 11) is 0. The van der Waals surface area contributed by atoms with Crippen LogP contribution in [0.3, 0.4) is 0 Å². The van der Waals surface area contributed by atoms with E-state index in [0.29, 0.717) is 10.3 Å². The van der Waals surface area contributed by atoms with Gasteiger partial charge in [0, 0.05) is 6.04 Å². The molecule has 74 valence electrons. The molecule has 0 aliphatic heterocycles. The van der Waals surface area contributed by atoms with E-state index in [2.05, 4.69) is 20.9 Å². The zero-order chi connectivity index (χ0) is 10.3. The molecule has 2 nitrogen and oxygen atoms in total. The Labute approximate surface area is 89.9 Å². The van der Waals surface area contributed by atoms with Gasteiger partial charge in [0.25, 0.3) is 0 Å². The number of benzene rings is 1. The van der Waals surface area contributed by atoms with E-state index in [1.54, 1.807) is 6.07 Å². The molecule has 0 N–H and O–H groups in total. The van der Waals surface area contributed by atoms with Crippen molar-refractivity contribution in [2.24, 2.45) is 0 Å². The highest BCUT2D eigenvalue weighted by atomic mass is 79.9. The van der Waals surface area contributed by atoms with Crippen LogP contribution in [0.2, 0.25) is 0 Å². The third-order valence-electron chi connectivity index (χ3n) is 2.14. The highest BCUT2D eigenvalue weighted by molar-refractivity contribution is 9.10. The summed E-state index contributed by atoms with van der Waals surface area (Å²) in [6.07, 6.45) is 0. The quantitative estimate of drug-likeness (QED) is 0.764. The molecule has 0 aliphatic carbocycles. The molecule has 0 unspecified atom stereocenters. The largest absolute Gasteiger partial charge is 0.316 e. The van der Waals surface area contributed by atoms with Gasteiger partial charge in [-0.2, -0.15) is 0 Å². The smallest absolute Gasteiger partial charge is 0.178 e. The number of halogens is 2. The van der Waals surface area contributed by atoms with Crippen LogP contribution in [-0.4, -0.2) is 9.55 Å². The Morgan fingerprint density at radius 1 is 1.43 bits per heavy atom. The van der Waals surface area contributed by atoms with Crippen LogP contribution in [0.1, 0.15) is 19.9 Å². The molecule has 0 radical (unpaired) electrons. The highest BCUT2D eigenvalue weighted by Gasteiger charge is 2.13. The molecular weight excluding hydrogens is 247 g/mol. The van der Waals surface area contributed by atoms with E-state index in [0.717, 1.165) is 5.52 Å². The molecular formula is C10H10BrFN2. The van der Waals surface area contributed by atoms with Crippen molar-refractivity contribution in [3.05, 3.63) is 28.7 Å². The second-order valence-corrected chi connectivity index (χ2v) is 4.16. The molecule has 0 spiro atoms. The maximum atomic E-state index is 13.3. The Kier molecular flexibility index (Phi) is 2.31. The Bertz CT molecular complexity index is 476. The van der Waals surface area contributed by atoms with Crippen molar-refractivity contribution in [3.63, 3.8) is 0 Å². The Morgan fingerprint density at radius 3 is 2.79 bits per heavy atom. The fourth-order valence-electron chi connectivity index (χ4n) is 1.55. The summed E-state index contributed by atoms with van der Waals surface area (Å²) in [5, 5.41) is 0. The Morgan fingerprint density at radius 2 is 2.14 bits per heavy atom. The van der Waals surface area contributed by atoms with Crippen LogP contribution in [0.4, 0.5) is 4.39 Å². The molecule has 4 heteroatoms. The predicted octanol–water partition coefficient (Wildman–Crippen LogP) is 3.52. The van der Waals surface area contributed by atoms with E-state index < -0.39 is 0 Å². The van der Waals surface area contributed by atoms with Gasteiger partial charge in [-0.1, -0.05) is 6.07 Å². The van der Waals surface area contributed by atoms with E-state index in [9.17, 15) is 4.39 Å². The van der Waals surface area contributed by atoms with E-state index in [4.69, 9.17) is 0 Å². The Balaban J connectivity index is 2.83. The minimum Gasteiger partial charge on any atom is -0.316 e. The summed E-state index contributed by atoms with van der Waals surface area (Å²) in [6, 6.07) is 5.25. The highest BCUT2D eigenvalue weighted by Crippen LogP contribution is 2.25.